The van der Waals surface area contributed by atoms with Gasteiger partial charge in [0.2, 0.25) is 11.8 Å². The molecule has 0 spiro atoms. The van der Waals surface area contributed by atoms with Gasteiger partial charge in [-0.05, 0) is 52.9 Å². The van der Waals surface area contributed by atoms with E-state index in [0.29, 0.717) is 16.5 Å². The Labute approximate surface area is 148 Å². The molecule has 134 valence electrons. The summed E-state index contributed by atoms with van der Waals surface area (Å²) in [6, 6.07) is 4.49. The number of likely N-dealkylation sites (N-methyl/N-ethyl adjacent to an activating group) is 1. The number of amides is 2. The summed E-state index contributed by atoms with van der Waals surface area (Å²) in [4.78, 5) is 26.1. The van der Waals surface area contributed by atoms with Crippen molar-refractivity contribution < 1.29 is 14.3 Å². The van der Waals surface area contributed by atoms with Crippen molar-refractivity contribution in [3.8, 4) is 5.75 Å². The van der Waals surface area contributed by atoms with E-state index in [1.807, 2.05) is 20.8 Å². The third kappa shape index (κ3) is 6.37. The molecule has 6 nitrogen and oxygen atoms in total. The fourth-order valence-corrected chi connectivity index (χ4v) is 2.21. The zero-order valence-electron chi connectivity index (χ0n) is 15.1. The van der Waals surface area contributed by atoms with Crippen molar-refractivity contribution in [2.45, 2.75) is 39.3 Å². The maximum absolute atomic E-state index is 12.4. The highest BCUT2D eigenvalue weighted by molar-refractivity contribution is 6.31. The minimum atomic E-state index is -0.501. The van der Waals surface area contributed by atoms with Gasteiger partial charge in [-0.2, -0.15) is 0 Å². The Morgan fingerprint density at radius 3 is 2.50 bits per heavy atom. The number of nitrogens with one attached hydrogen (secondary N) is 2. The van der Waals surface area contributed by atoms with Gasteiger partial charge in [0.15, 0.2) is 0 Å². The molecule has 0 aliphatic carbocycles. The number of methoxy groups -OCH3 is 1. The van der Waals surface area contributed by atoms with Gasteiger partial charge in [0, 0.05) is 10.6 Å². The quantitative estimate of drug-likeness (QED) is 0.822. The largest absolute Gasteiger partial charge is 0.495 e. The molecule has 24 heavy (non-hydrogen) atoms. The Balaban J connectivity index is 2.70. The lowest BCUT2D eigenvalue weighted by atomic mass is 10.1. The van der Waals surface area contributed by atoms with E-state index in [2.05, 4.69) is 10.6 Å². The molecule has 0 bridgehead atoms. The summed E-state index contributed by atoms with van der Waals surface area (Å²) in [5.74, 6) is 0.139. The predicted molar refractivity (Wildman–Crippen MR) is 96.6 cm³/mol. The van der Waals surface area contributed by atoms with Gasteiger partial charge in [0.05, 0.1) is 25.4 Å². The summed E-state index contributed by atoms with van der Waals surface area (Å²) in [6.07, 6.45) is 0. The summed E-state index contributed by atoms with van der Waals surface area (Å²) >= 11 is 5.96. The van der Waals surface area contributed by atoms with Crippen molar-refractivity contribution in [1.29, 1.82) is 0 Å². The van der Waals surface area contributed by atoms with Gasteiger partial charge in [-0.3, -0.25) is 14.5 Å². The Kier molecular flexibility index (Phi) is 7.05. The molecule has 0 saturated heterocycles. The van der Waals surface area contributed by atoms with Crippen molar-refractivity contribution in [1.82, 2.24) is 10.2 Å². The van der Waals surface area contributed by atoms with E-state index in [0.717, 1.165) is 0 Å². The SMILES string of the molecule is COc1ccc(Cl)cc1NC(=O)[C@H](C)N(C)CC(=O)NC(C)(C)C. The number of rotatable bonds is 6. The van der Waals surface area contributed by atoms with Gasteiger partial charge in [-0.15, -0.1) is 0 Å². The molecule has 0 aliphatic heterocycles. The average Bonchev–Trinajstić information content (AvgIpc) is 2.44. The van der Waals surface area contributed by atoms with Crippen LogP contribution in [0.15, 0.2) is 18.2 Å². The van der Waals surface area contributed by atoms with Crippen molar-refractivity contribution in [3.05, 3.63) is 23.2 Å². The molecule has 0 unspecified atom stereocenters. The zero-order valence-corrected chi connectivity index (χ0v) is 15.8. The fourth-order valence-electron chi connectivity index (χ4n) is 2.04. The van der Waals surface area contributed by atoms with Crippen LogP contribution in [0, 0.1) is 0 Å². The van der Waals surface area contributed by atoms with Crippen LogP contribution in [0.25, 0.3) is 0 Å². The Bertz CT molecular complexity index is 599. The van der Waals surface area contributed by atoms with Crippen molar-refractivity contribution in [2.24, 2.45) is 0 Å². The second kappa shape index (κ2) is 8.35. The molecule has 0 fully saturated rings. The molecule has 1 rings (SSSR count). The van der Waals surface area contributed by atoms with E-state index in [1.165, 1.54) is 7.11 Å². The van der Waals surface area contributed by atoms with Crippen molar-refractivity contribution >= 4 is 29.1 Å². The van der Waals surface area contributed by atoms with Crippen LogP contribution in [-0.4, -0.2) is 49.0 Å². The first-order chi connectivity index (χ1) is 11.0. The van der Waals surface area contributed by atoms with Crippen LogP contribution in [0.4, 0.5) is 5.69 Å². The maximum atomic E-state index is 12.4. The Hall–Kier alpha value is -1.79. The number of hydrogen-bond donors (Lipinski definition) is 2. The number of carbonyl (C=O) groups excluding carboxylic acids is 2. The Morgan fingerprint density at radius 1 is 1.33 bits per heavy atom. The zero-order chi connectivity index (χ0) is 18.5. The highest BCUT2D eigenvalue weighted by Gasteiger charge is 2.23. The van der Waals surface area contributed by atoms with Gasteiger partial charge < -0.3 is 15.4 Å². The molecule has 0 aromatic heterocycles. The third-order valence-electron chi connectivity index (χ3n) is 3.37. The Morgan fingerprint density at radius 2 is 1.96 bits per heavy atom. The molecule has 1 aromatic rings. The molecular formula is C17H26ClN3O3. The van der Waals surface area contributed by atoms with E-state index < -0.39 is 6.04 Å². The number of anilines is 1. The molecule has 7 heteroatoms. The van der Waals surface area contributed by atoms with Crippen LogP contribution in [-0.2, 0) is 9.59 Å². The number of halogens is 1. The van der Waals surface area contributed by atoms with Crippen molar-refractivity contribution in [2.75, 3.05) is 26.0 Å². The van der Waals surface area contributed by atoms with E-state index in [1.54, 1.807) is 37.1 Å². The summed E-state index contributed by atoms with van der Waals surface area (Å²) < 4.78 is 5.21. The van der Waals surface area contributed by atoms with E-state index in [9.17, 15) is 9.59 Å². The molecule has 0 radical (unpaired) electrons. The molecule has 2 amide bonds. The van der Waals surface area contributed by atoms with Crippen LogP contribution in [0.5, 0.6) is 5.75 Å². The topological polar surface area (TPSA) is 70.7 Å². The van der Waals surface area contributed by atoms with Crippen LogP contribution in [0.3, 0.4) is 0 Å². The highest BCUT2D eigenvalue weighted by Crippen LogP contribution is 2.27. The molecule has 1 aromatic carbocycles. The van der Waals surface area contributed by atoms with Crippen LogP contribution in [0.1, 0.15) is 27.7 Å². The number of benzene rings is 1. The van der Waals surface area contributed by atoms with Gasteiger partial charge in [0.1, 0.15) is 5.75 Å². The summed E-state index contributed by atoms with van der Waals surface area (Å²) in [5.41, 5.74) is 0.187. The molecule has 0 aliphatic rings. The predicted octanol–water partition coefficient (Wildman–Crippen LogP) is 2.52. The monoisotopic (exact) mass is 355 g/mol. The van der Waals surface area contributed by atoms with Crippen LogP contribution >= 0.6 is 11.6 Å². The average molecular weight is 356 g/mol. The molecule has 0 heterocycles. The van der Waals surface area contributed by atoms with E-state index in [-0.39, 0.29) is 23.9 Å². The lowest BCUT2D eigenvalue weighted by Gasteiger charge is -2.26. The second-order valence-corrected chi connectivity index (χ2v) is 7.16. The third-order valence-corrected chi connectivity index (χ3v) is 3.60. The van der Waals surface area contributed by atoms with Gasteiger partial charge >= 0.3 is 0 Å². The maximum Gasteiger partial charge on any atom is 0.241 e. The molecule has 2 N–H and O–H groups in total. The van der Waals surface area contributed by atoms with E-state index >= 15 is 0 Å². The molecule has 0 saturated carbocycles. The summed E-state index contributed by atoms with van der Waals surface area (Å²) in [7, 11) is 3.24. The first-order valence-electron chi connectivity index (χ1n) is 7.69. The number of carbonyl (C=O) groups is 2. The van der Waals surface area contributed by atoms with Gasteiger partial charge in [-0.1, -0.05) is 11.6 Å². The van der Waals surface area contributed by atoms with Gasteiger partial charge in [0.25, 0.3) is 0 Å². The number of ether oxygens (including phenoxy) is 1. The highest BCUT2D eigenvalue weighted by atomic mass is 35.5. The number of nitrogens with zero attached hydrogens (tertiary/aromatic N) is 1. The molecule has 1 atom stereocenters. The second-order valence-electron chi connectivity index (χ2n) is 6.72. The summed E-state index contributed by atoms with van der Waals surface area (Å²) in [5, 5.41) is 6.15. The van der Waals surface area contributed by atoms with Gasteiger partial charge in [-0.25, -0.2) is 0 Å². The van der Waals surface area contributed by atoms with E-state index in [4.69, 9.17) is 16.3 Å². The number of hydrogen-bond acceptors (Lipinski definition) is 4. The lowest BCUT2D eigenvalue weighted by Crippen LogP contribution is -2.49. The first-order valence-corrected chi connectivity index (χ1v) is 8.07. The van der Waals surface area contributed by atoms with Crippen LogP contribution < -0.4 is 15.4 Å². The first kappa shape index (κ1) is 20.3. The lowest BCUT2D eigenvalue weighted by molar-refractivity contribution is -0.125. The fraction of sp³-hybridized carbons (Fsp3) is 0.529. The minimum absolute atomic E-state index is 0.124. The smallest absolute Gasteiger partial charge is 0.241 e. The summed E-state index contributed by atoms with van der Waals surface area (Å²) in [6.45, 7) is 7.58. The normalized spacial score (nSPS) is 12.7. The molecular weight excluding hydrogens is 330 g/mol. The standard InChI is InChI=1S/C17H26ClN3O3/c1-11(21(5)10-15(22)20-17(2,3)4)16(23)19-13-9-12(18)7-8-14(13)24-6/h7-9,11H,10H2,1-6H3,(H,19,23)(H,20,22)/t11-/m0/s1. The van der Waals surface area contributed by atoms with Crippen LogP contribution in [0.2, 0.25) is 5.02 Å². The van der Waals surface area contributed by atoms with Crippen molar-refractivity contribution in [3.63, 3.8) is 0 Å². The minimum Gasteiger partial charge on any atom is -0.495 e.